The molecule has 1 aromatic rings. The minimum atomic E-state index is -0.820. The molecule has 0 radical (unpaired) electrons. The van der Waals surface area contributed by atoms with E-state index in [1.807, 2.05) is 0 Å². The van der Waals surface area contributed by atoms with Gasteiger partial charge in [-0.25, -0.2) is 8.78 Å². The van der Waals surface area contributed by atoms with Crippen LogP contribution in [0.4, 0.5) is 8.78 Å². The van der Waals surface area contributed by atoms with Crippen molar-refractivity contribution in [1.29, 1.82) is 0 Å². The van der Waals surface area contributed by atoms with Crippen molar-refractivity contribution in [3.63, 3.8) is 0 Å². The summed E-state index contributed by atoms with van der Waals surface area (Å²) in [4.78, 5) is 22.6. The average molecular weight is 257 g/mol. The average Bonchev–Trinajstić information content (AvgIpc) is 2.31. The Morgan fingerprint density at radius 1 is 1.39 bits per heavy atom. The van der Waals surface area contributed by atoms with Crippen LogP contribution in [0.5, 0.6) is 0 Å². The predicted octanol–water partition coefficient (Wildman–Crippen LogP) is 1.65. The van der Waals surface area contributed by atoms with Crippen molar-refractivity contribution in [3.05, 3.63) is 35.4 Å². The first kappa shape index (κ1) is 14.1. The van der Waals surface area contributed by atoms with E-state index in [1.54, 1.807) is 6.92 Å². The quantitative estimate of drug-likeness (QED) is 0.834. The van der Waals surface area contributed by atoms with Crippen LogP contribution < -0.4 is 5.32 Å². The Bertz CT molecular complexity index is 463. The molecule has 18 heavy (non-hydrogen) atoms. The van der Waals surface area contributed by atoms with E-state index < -0.39 is 35.1 Å². The zero-order chi connectivity index (χ0) is 13.7. The molecule has 0 spiro atoms. The standard InChI is InChI=1S/C12H13F2NO3/c1-7(5-11(16)18-2)15-12(17)9-6-8(13)3-4-10(9)14/h3-4,6-7H,5H2,1-2H3,(H,15,17). The normalized spacial score (nSPS) is 11.8. The van der Waals surface area contributed by atoms with Gasteiger partial charge in [-0.1, -0.05) is 0 Å². The molecule has 0 aliphatic rings. The number of hydrogen-bond donors (Lipinski definition) is 1. The molecule has 1 amide bonds. The number of carbonyl (C=O) groups excluding carboxylic acids is 2. The fraction of sp³-hybridized carbons (Fsp3) is 0.333. The van der Waals surface area contributed by atoms with E-state index in [9.17, 15) is 18.4 Å². The topological polar surface area (TPSA) is 55.4 Å². The zero-order valence-electron chi connectivity index (χ0n) is 10.00. The lowest BCUT2D eigenvalue weighted by atomic mass is 10.1. The molecule has 4 nitrogen and oxygen atoms in total. The first-order chi connectivity index (χ1) is 8.43. The summed E-state index contributed by atoms with van der Waals surface area (Å²) in [5, 5.41) is 2.38. The first-order valence-electron chi connectivity index (χ1n) is 5.26. The third-order valence-electron chi connectivity index (χ3n) is 2.25. The predicted molar refractivity (Wildman–Crippen MR) is 59.9 cm³/mol. The maximum atomic E-state index is 13.3. The van der Waals surface area contributed by atoms with E-state index in [1.165, 1.54) is 7.11 Å². The molecule has 1 atom stereocenters. The SMILES string of the molecule is COC(=O)CC(C)NC(=O)c1cc(F)ccc1F. The number of carbonyl (C=O) groups is 2. The molecule has 1 N–H and O–H groups in total. The molecule has 6 heteroatoms. The molecular formula is C12H13F2NO3. The summed E-state index contributed by atoms with van der Waals surface area (Å²) in [7, 11) is 1.23. The van der Waals surface area contributed by atoms with Gasteiger partial charge in [0.25, 0.3) is 5.91 Å². The van der Waals surface area contributed by atoms with Gasteiger partial charge in [0.1, 0.15) is 11.6 Å². The molecule has 0 aliphatic heterocycles. The number of methoxy groups -OCH3 is 1. The largest absolute Gasteiger partial charge is 0.469 e. The summed E-state index contributed by atoms with van der Waals surface area (Å²) in [6, 6.07) is 2.06. The van der Waals surface area contributed by atoms with E-state index in [0.717, 1.165) is 18.2 Å². The molecule has 0 aromatic heterocycles. The highest BCUT2D eigenvalue weighted by molar-refractivity contribution is 5.94. The molecule has 0 bridgehead atoms. The zero-order valence-corrected chi connectivity index (χ0v) is 10.00. The summed E-state index contributed by atoms with van der Waals surface area (Å²) in [6.07, 6.45) is -0.0425. The van der Waals surface area contributed by atoms with Crippen LogP contribution in [0.25, 0.3) is 0 Å². The van der Waals surface area contributed by atoms with E-state index in [4.69, 9.17) is 0 Å². The smallest absolute Gasteiger partial charge is 0.307 e. The second kappa shape index (κ2) is 6.09. The summed E-state index contributed by atoms with van der Waals surface area (Å²) in [5.74, 6) is -2.80. The van der Waals surface area contributed by atoms with Gasteiger partial charge in [-0.15, -0.1) is 0 Å². The summed E-state index contributed by atoms with van der Waals surface area (Å²) < 4.78 is 30.6. The molecule has 1 aromatic carbocycles. The Labute approximate surface area is 103 Å². The van der Waals surface area contributed by atoms with Gasteiger partial charge in [0.2, 0.25) is 0 Å². The molecule has 1 unspecified atom stereocenters. The Morgan fingerprint density at radius 2 is 2.06 bits per heavy atom. The van der Waals surface area contributed by atoms with Gasteiger partial charge in [-0.3, -0.25) is 9.59 Å². The van der Waals surface area contributed by atoms with Gasteiger partial charge in [-0.05, 0) is 25.1 Å². The van der Waals surface area contributed by atoms with Crippen molar-refractivity contribution in [2.24, 2.45) is 0 Å². The van der Waals surface area contributed by atoms with Gasteiger partial charge in [0.15, 0.2) is 0 Å². The highest BCUT2D eigenvalue weighted by Crippen LogP contribution is 2.10. The monoisotopic (exact) mass is 257 g/mol. The van der Waals surface area contributed by atoms with Crippen molar-refractivity contribution >= 4 is 11.9 Å². The van der Waals surface area contributed by atoms with Crippen molar-refractivity contribution in [2.45, 2.75) is 19.4 Å². The molecule has 1 rings (SSSR count). The number of hydrogen-bond acceptors (Lipinski definition) is 3. The lowest BCUT2D eigenvalue weighted by Gasteiger charge is -2.12. The van der Waals surface area contributed by atoms with Crippen molar-refractivity contribution < 1.29 is 23.1 Å². The fourth-order valence-electron chi connectivity index (χ4n) is 1.36. The fourth-order valence-corrected chi connectivity index (χ4v) is 1.36. The third-order valence-corrected chi connectivity index (χ3v) is 2.25. The molecule has 0 saturated carbocycles. The van der Waals surface area contributed by atoms with E-state index in [0.29, 0.717) is 0 Å². The Hall–Kier alpha value is -1.98. The van der Waals surface area contributed by atoms with Crippen LogP contribution in [0.15, 0.2) is 18.2 Å². The molecular weight excluding hydrogens is 244 g/mol. The number of esters is 1. The van der Waals surface area contributed by atoms with Crippen molar-refractivity contribution in [1.82, 2.24) is 5.32 Å². The van der Waals surface area contributed by atoms with Crippen LogP contribution in [-0.2, 0) is 9.53 Å². The number of halogens is 2. The highest BCUT2D eigenvalue weighted by Gasteiger charge is 2.16. The molecule has 0 fully saturated rings. The van der Waals surface area contributed by atoms with Crippen LogP contribution in [0.2, 0.25) is 0 Å². The Morgan fingerprint density at radius 3 is 2.67 bits per heavy atom. The number of rotatable bonds is 4. The van der Waals surface area contributed by atoms with E-state index in [2.05, 4.69) is 10.1 Å². The Kier molecular flexibility index (Phi) is 4.76. The second-order valence-electron chi connectivity index (χ2n) is 3.78. The maximum absolute atomic E-state index is 13.3. The van der Waals surface area contributed by atoms with Crippen LogP contribution >= 0.6 is 0 Å². The molecule has 0 heterocycles. The summed E-state index contributed by atoms with van der Waals surface area (Å²) in [6.45, 7) is 1.56. The van der Waals surface area contributed by atoms with Crippen LogP contribution in [0.3, 0.4) is 0 Å². The molecule has 0 saturated heterocycles. The number of ether oxygens (including phenoxy) is 1. The molecule has 98 valence electrons. The van der Waals surface area contributed by atoms with E-state index >= 15 is 0 Å². The van der Waals surface area contributed by atoms with Crippen LogP contribution in [0.1, 0.15) is 23.7 Å². The number of amides is 1. The lowest BCUT2D eigenvalue weighted by molar-refractivity contribution is -0.141. The lowest BCUT2D eigenvalue weighted by Crippen LogP contribution is -2.35. The van der Waals surface area contributed by atoms with Gasteiger partial charge >= 0.3 is 5.97 Å². The van der Waals surface area contributed by atoms with Crippen LogP contribution in [0, 0.1) is 11.6 Å². The number of nitrogens with one attached hydrogen (secondary N) is 1. The Balaban J connectivity index is 2.70. The van der Waals surface area contributed by atoms with Gasteiger partial charge in [0, 0.05) is 6.04 Å². The summed E-state index contributed by atoms with van der Waals surface area (Å²) >= 11 is 0. The van der Waals surface area contributed by atoms with Crippen molar-refractivity contribution in [3.8, 4) is 0 Å². The first-order valence-corrected chi connectivity index (χ1v) is 5.26. The van der Waals surface area contributed by atoms with Gasteiger partial charge < -0.3 is 10.1 Å². The minimum Gasteiger partial charge on any atom is -0.469 e. The minimum absolute atomic E-state index is 0.0425. The summed E-state index contributed by atoms with van der Waals surface area (Å²) in [5.41, 5.74) is -0.397. The van der Waals surface area contributed by atoms with Gasteiger partial charge in [0.05, 0.1) is 19.1 Å². The maximum Gasteiger partial charge on any atom is 0.307 e. The van der Waals surface area contributed by atoms with Gasteiger partial charge in [-0.2, -0.15) is 0 Å². The highest BCUT2D eigenvalue weighted by atomic mass is 19.1. The third kappa shape index (κ3) is 3.80. The van der Waals surface area contributed by atoms with Crippen molar-refractivity contribution in [2.75, 3.05) is 7.11 Å². The van der Waals surface area contributed by atoms with Crippen LogP contribution in [-0.4, -0.2) is 25.0 Å². The van der Waals surface area contributed by atoms with E-state index in [-0.39, 0.29) is 6.42 Å². The molecule has 0 aliphatic carbocycles. The number of benzene rings is 1. The second-order valence-corrected chi connectivity index (χ2v) is 3.78.